The molecule has 1 fully saturated rings. The highest BCUT2D eigenvalue weighted by Gasteiger charge is 2.21. The van der Waals surface area contributed by atoms with Crippen LogP contribution in [0.3, 0.4) is 0 Å². The standard InChI is InChI=1S/C10H12O5/c11-7-1-3-8(4-2-7)15-10(14)6-5-9(12)13/h5-6,8H,1-4H2,(H,12,13). The summed E-state index contributed by atoms with van der Waals surface area (Å²) in [4.78, 5) is 32.0. The van der Waals surface area contributed by atoms with Crippen molar-refractivity contribution in [2.24, 2.45) is 0 Å². The Morgan fingerprint density at radius 2 is 1.87 bits per heavy atom. The van der Waals surface area contributed by atoms with Crippen LogP contribution in [0.5, 0.6) is 0 Å². The molecule has 15 heavy (non-hydrogen) atoms. The SMILES string of the molecule is O=C(O)C=CC(=O)OC1CCC(=O)CC1. The molecule has 0 atom stereocenters. The van der Waals surface area contributed by atoms with Crippen LogP contribution in [0.4, 0.5) is 0 Å². The normalized spacial score (nSPS) is 18.0. The van der Waals surface area contributed by atoms with Crippen LogP contribution >= 0.6 is 0 Å². The number of esters is 1. The maximum atomic E-state index is 11.0. The molecule has 1 rings (SSSR count). The Morgan fingerprint density at radius 3 is 2.40 bits per heavy atom. The van der Waals surface area contributed by atoms with Crippen molar-refractivity contribution in [3.05, 3.63) is 12.2 Å². The van der Waals surface area contributed by atoms with E-state index in [2.05, 4.69) is 0 Å². The van der Waals surface area contributed by atoms with Crippen molar-refractivity contribution in [1.82, 2.24) is 0 Å². The fourth-order valence-corrected chi connectivity index (χ4v) is 1.37. The van der Waals surface area contributed by atoms with E-state index in [1.807, 2.05) is 0 Å². The van der Waals surface area contributed by atoms with E-state index < -0.39 is 11.9 Å². The molecule has 0 unspecified atom stereocenters. The number of aliphatic carboxylic acids is 1. The van der Waals surface area contributed by atoms with Crippen molar-refractivity contribution in [2.45, 2.75) is 31.8 Å². The van der Waals surface area contributed by atoms with Gasteiger partial charge in [-0.05, 0) is 12.8 Å². The predicted molar refractivity (Wildman–Crippen MR) is 50.1 cm³/mol. The summed E-state index contributed by atoms with van der Waals surface area (Å²) >= 11 is 0. The fourth-order valence-electron chi connectivity index (χ4n) is 1.37. The largest absolute Gasteiger partial charge is 0.478 e. The second-order valence-electron chi connectivity index (χ2n) is 3.35. The molecule has 0 amide bonds. The summed E-state index contributed by atoms with van der Waals surface area (Å²) in [7, 11) is 0. The molecule has 0 aromatic carbocycles. The van der Waals surface area contributed by atoms with Crippen LogP contribution in [-0.2, 0) is 19.1 Å². The Labute approximate surface area is 86.7 Å². The van der Waals surface area contributed by atoms with Crippen molar-refractivity contribution >= 4 is 17.7 Å². The molecular formula is C10H12O5. The van der Waals surface area contributed by atoms with Crippen molar-refractivity contribution < 1.29 is 24.2 Å². The summed E-state index contributed by atoms with van der Waals surface area (Å²) in [5, 5.41) is 8.26. The zero-order valence-electron chi connectivity index (χ0n) is 8.14. The molecule has 0 bridgehead atoms. The average molecular weight is 212 g/mol. The van der Waals surface area contributed by atoms with Gasteiger partial charge in [-0.25, -0.2) is 9.59 Å². The van der Waals surface area contributed by atoms with E-state index in [-0.39, 0.29) is 11.9 Å². The molecule has 0 aliphatic heterocycles. The molecule has 0 spiro atoms. The molecule has 1 aliphatic rings. The van der Waals surface area contributed by atoms with Crippen LogP contribution < -0.4 is 0 Å². The lowest BCUT2D eigenvalue weighted by atomic mass is 9.96. The predicted octanol–water partition coefficient (Wildman–Crippen LogP) is 0.682. The van der Waals surface area contributed by atoms with Crippen molar-refractivity contribution in [2.75, 3.05) is 0 Å². The lowest BCUT2D eigenvalue weighted by molar-refractivity contribution is -0.146. The number of ether oxygens (including phenoxy) is 1. The Kier molecular flexibility index (Phi) is 4.03. The molecule has 1 aliphatic carbocycles. The maximum absolute atomic E-state index is 11.0. The average Bonchev–Trinajstić information content (AvgIpc) is 2.19. The number of ketones is 1. The zero-order chi connectivity index (χ0) is 11.3. The number of Topliss-reactive ketones (excluding diaryl/α,β-unsaturated/α-hetero) is 1. The molecular weight excluding hydrogens is 200 g/mol. The van der Waals surface area contributed by atoms with E-state index in [9.17, 15) is 14.4 Å². The maximum Gasteiger partial charge on any atom is 0.331 e. The third-order valence-electron chi connectivity index (χ3n) is 2.14. The summed E-state index contributed by atoms with van der Waals surface area (Å²) < 4.78 is 4.95. The number of carbonyl (C=O) groups is 3. The molecule has 0 aromatic heterocycles. The summed E-state index contributed by atoms with van der Waals surface area (Å²) in [6.07, 6.45) is 3.28. The third-order valence-corrected chi connectivity index (χ3v) is 2.14. The molecule has 0 radical (unpaired) electrons. The number of hydrogen-bond acceptors (Lipinski definition) is 4. The first kappa shape index (κ1) is 11.4. The van der Waals surface area contributed by atoms with Gasteiger partial charge in [0.2, 0.25) is 0 Å². The third kappa shape index (κ3) is 4.39. The van der Waals surface area contributed by atoms with Crippen molar-refractivity contribution in [3.63, 3.8) is 0 Å². The van der Waals surface area contributed by atoms with Crippen LogP contribution in [0.1, 0.15) is 25.7 Å². The van der Waals surface area contributed by atoms with Gasteiger partial charge in [0.1, 0.15) is 11.9 Å². The highest BCUT2D eigenvalue weighted by Crippen LogP contribution is 2.17. The summed E-state index contributed by atoms with van der Waals surface area (Å²) in [5.74, 6) is -1.68. The smallest absolute Gasteiger partial charge is 0.331 e. The van der Waals surface area contributed by atoms with Crippen LogP contribution in [0.15, 0.2) is 12.2 Å². The second-order valence-corrected chi connectivity index (χ2v) is 3.35. The van der Waals surface area contributed by atoms with E-state index in [1.165, 1.54) is 0 Å². The lowest BCUT2D eigenvalue weighted by Crippen LogP contribution is -2.23. The molecule has 82 valence electrons. The van der Waals surface area contributed by atoms with Gasteiger partial charge in [-0.2, -0.15) is 0 Å². The topological polar surface area (TPSA) is 80.7 Å². The van der Waals surface area contributed by atoms with Crippen LogP contribution in [0, 0.1) is 0 Å². The highest BCUT2D eigenvalue weighted by molar-refractivity contribution is 5.90. The molecule has 0 heterocycles. The number of carboxylic acid groups (broad SMARTS) is 1. The van der Waals surface area contributed by atoms with E-state index in [4.69, 9.17) is 9.84 Å². The molecule has 1 saturated carbocycles. The van der Waals surface area contributed by atoms with Gasteiger partial charge in [-0.1, -0.05) is 0 Å². The van der Waals surface area contributed by atoms with E-state index in [0.717, 1.165) is 12.2 Å². The molecule has 5 heteroatoms. The first-order chi connectivity index (χ1) is 7.08. The van der Waals surface area contributed by atoms with Crippen LogP contribution in [0.2, 0.25) is 0 Å². The van der Waals surface area contributed by atoms with Crippen LogP contribution in [0.25, 0.3) is 0 Å². The zero-order valence-corrected chi connectivity index (χ0v) is 8.14. The van der Waals surface area contributed by atoms with E-state index >= 15 is 0 Å². The van der Waals surface area contributed by atoms with Gasteiger partial charge in [0, 0.05) is 25.0 Å². The van der Waals surface area contributed by atoms with Crippen LogP contribution in [-0.4, -0.2) is 28.9 Å². The van der Waals surface area contributed by atoms with Gasteiger partial charge in [0.25, 0.3) is 0 Å². The van der Waals surface area contributed by atoms with E-state index in [1.54, 1.807) is 0 Å². The monoisotopic (exact) mass is 212 g/mol. The Morgan fingerprint density at radius 1 is 1.27 bits per heavy atom. The van der Waals surface area contributed by atoms with Gasteiger partial charge >= 0.3 is 11.9 Å². The van der Waals surface area contributed by atoms with Gasteiger partial charge in [-0.15, -0.1) is 0 Å². The van der Waals surface area contributed by atoms with Gasteiger partial charge in [-0.3, -0.25) is 4.79 Å². The number of rotatable bonds is 3. The summed E-state index contributed by atoms with van der Waals surface area (Å²) in [6, 6.07) is 0. The highest BCUT2D eigenvalue weighted by atomic mass is 16.5. The van der Waals surface area contributed by atoms with E-state index in [0.29, 0.717) is 25.7 Å². The minimum atomic E-state index is -1.19. The molecule has 0 saturated heterocycles. The molecule has 1 N–H and O–H groups in total. The number of hydrogen-bond donors (Lipinski definition) is 1. The lowest BCUT2D eigenvalue weighted by Gasteiger charge is -2.20. The Balaban J connectivity index is 2.32. The van der Waals surface area contributed by atoms with Crippen molar-refractivity contribution in [1.29, 1.82) is 0 Å². The van der Waals surface area contributed by atoms with Gasteiger partial charge < -0.3 is 9.84 Å². The molecule has 5 nitrogen and oxygen atoms in total. The minimum Gasteiger partial charge on any atom is -0.478 e. The second kappa shape index (κ2) is 5.29. The van der Waals surface area contributed by atoms with Crippen molar-refractivity contribution in [3.8, 4) is 0 Å². The summed E-state index contributed by atoms with van der Waals surface area (Å²) in [5.41, 5.74) is 0. The number of carboxylic acids is 1. The first-order valence-corrected chi connectivity index (χ1v) is 4.71. The number of carbonyl (C=O) groups excluding carboxylic acids is 2. The first-order valence-electron chi connectivity index (χ1n) is 4.71. The minimum absolute atomic E-state index is 0.184. The quantitative estimate of drug-likeness (QED) is 0.549. The summed E-state index contributed by atoms with van der Waals surface area (Å²) in [6.45, 7) is 0. The van der Waals surface area contributed by atoms with Gasteiger partial charge in [0.15, 0.2) is 0 Å². The van der Waals surface area contributed by atoms with Gasteiger partial charge in [0.05, 0.1) is 0 Å². The fraction of sp³-hybridized carbons (Fsp3) is 0.500. The Hall–Kier alpha value is -1.65. The molecule has 0 aromatic rings. The Bertz CT molecular complexity index is 295.